The Kier molecular flexibility index (Phi) is 5.60. The molecule has 5 rings (SSSR count). The number of hydrogen-bond donors (Lipinski definition) is 0. The number of ether oxygens (including phenoxy) is 2. The summed E-state index contributed by atoms with van der Waals surface area (Å²) in [7, 11) is 1.38. The average Bonchev–Trinajstić information content (AvgIpc) is 2.52. The Balaban J connectivity index is 0.00000182. The summed E-state index contributed by atoms with van der Waals surface area (Å²) < 4.78 is 12.4. The number of nitrogens with zero attached hydrogens (tertiary/aromatic N) is 3. The van der Waals surface area contributed by atoms with Crippen LogP contribution in [0.1, 0.15) is 5.56 Å². The standard InChI is InChI=1S/C17H23BrN3O3.ClH/c1-23-16(22)9-24-17-14(3-2-4-15(17)18)8-21-7-13-5-19(11-21)10-20(6-13)12-21;/h2-4,13H,5-12H2,1H3;1H/q+1;/p-1. The highest BCUT2D eigenvalue weighted by molar-refractivity contribution is 9.10. The number of carbonyl (C=O) groups is 1. The first-order chi connectivity index (χ1) is 11.6. The van der Waals surface area contributed by atoms with Crippen LogP contribution in [0.2, 0.25) is 0 Å². The second-order valence-electron chi connectivity index (χ2n) is 7.27. The number of halogens is 2. The van der Waals surface area contributed by atoms with Crippen LogP contribution in [0.15, 0.2) is 22.7 Å². The summed E-state index contributed by atoms with van der Waals surface area (Å²) in [5, 5.41) is 0. The highest BCUT2D eigenvalue weighted by atomic mass is 79.9. The van der Waals surface area contributed by atoms with E-state index < -0.39 is 0 Å². The number of benzene rings is 1. The normalized spacial score (nSPS) is 32.2. The second kappa shape index (κ2) is 7.40. The number of rotatable bonds is 5. The molecular weight excluding hydrogens is 410 g/mol. The molecule has 138 valence electrons. The van der Waals surface area contributed by atoms with Crippen molar-refractivity contribution in [1.29, 1.82) is 0 Å². The van der Waals surface area contributed by atoms with E-state index in [0.717, 1.165) is 52.7 Å². The number of hydrogen-bond acceptors (Lipinski definition) is 5. The molecule has 2 atom stereocenters. The highest BCUT2D eigenvalue weighted by Crippen LogP contribution is 2.37. The van der Waals surface area contributed by atoms with Crippen LogP contribution >= 0.6 is 15.9 Å². The lowest BCUT2D eigenvalue weighted by atomic mass is 9.97. The lowest BCUT2D eigenvalue weighted by Crippen LogP contribution is -3.00. The van der Waals surface area contributed by atoms with Gasteiger partial charge in [-0.1, -0.05) is 6.07 Å². The van der Waals surface area contributed by atoms with E-state index in [4.69, 9.17) is 4.74 Å². The molecule has 4 bridgehead atoms. The largest absolute Gasteiger partial charge is 1.00 e. The maximum Gasteiger partial charge on any atom is 0.343 e. The fraction of sp³-hybridized carbons (Fsp3) is 0.588. The zero-order chi connectivity index (χ0) is 16.7. The lowest BCUT2D eigenvalue weighted by molar-refractivity contribution is -0.981. The van der Waals surface area contributed by atoms with Gasteiger partial charge in [-0.2, -0.15) is 0 Å². The van der Waals surface area contributed by atoms with Crippen LogP contribution in [0, 0.1) is 5.92 Å². The third kappa shape index (κ3) is 3.80. The van der Waals surface area contributed by atoms with E-state index >= 15 is 0 Å². The smallest absolute Gasteiger partial charge is 0.343 e. The summed E-state index contributed by atoms with van der Waals surface area (Å²) in [6, 6.07) is 6.10. The van der Waals surface area contributed by atoms with Gasteiger partial charge in [0.25, 0.3) is 0 Å². The summed E-state index contributed by atoms with van der Waals surface area (Å²) >= 11 is 3.57. The van der Waals surface area contributed by atoms with Crippen LogP contribution < -0.4 is 17.1 Å². The molecule has 0 spiro atoms. The quantitative estimate of drug-likeness (QED) is 0.417. The predicted octanol–water partition coefficient (Wildman–Crippen LogP) is -1.54. The molecule has 2 unspecified atom stereocenters. The van der Waals surface area contributed by atoms with Crippen LogP contribution in [0.3, 0.4) is 0 Å². The van der Waals surface area contributed by atoms with E-state index in [2.05, 4.69) is 36.5 Å². The van der Waals surface area contributed by atoms with Gasteiger partial charge in [0.1, 0.15) is 25.6 Å². The molecule has 0 amide bonds. The van der Waals surface area contributed by atoms with Gasteiger partial charge < -0.3 is 21.9 Å². The summed E-state index contributed by atoms with van der Waals surface area (Å²) in [4.78, 5) is 16.6. The monoisotopic (exact) mass is 431 g/mol. The first-order valence-electron chi connectivity index (χ1n) is 8.34. The summed E-state index contributed by atoms with van der Waals surface area (Å²) in [6.45, 7) is 7.90. The Labute approximate surface area is 162 Å². The fourth-order valence-corrected chi connectivity index (χ4v) is 5.14. The summed E-state index contributed by atoms with van der Waals surface area (Å²) in [5.74, 6) is 1.17. The second-order valence-corrected chi connectivity index (χ2v) is 8.13. The number of esters is 1. The van der Waals surface area contributed by atoms with Gasteiger partial charge in [0.2, 0.25) is 0 Å². The van der Waals surface area contributed by atoms with Crippen LogP contribution in [0.5, 0.6) is 5.75 Å². The van der Waals surface area contributed by atoms with Crippen LogP contribution in [-0.4, -0.2) is 73.6 Å². The van der Waals surface area contributed by atoms with E-state index in [-0.39, 0.29) is 25.0 Å². The van der Waals surface area contributed by atoms with E-state index in [1.165, 1.54) is 26.7 Å². The minimum Gasteiger partial charge on any atom is -1.00 e. The van der Waals surface area contributed by atoms with E-state index in [9.17, 15) is 4.79 Å². The van der Waals surface area contributed by atoms with Crippen molar-refractivity contribution >= 4 is 21.9 Å². The van der Waals surface area contributed by atoms with E-state index in [1.54, 1.807) is 0 Å². The van der Waals surface area contributed by atoms with Gasteiger partial charge in [0.05, 0.1) is 24.8 Å². The highest BCUT2D eigenvalue weighted by Gasteiger charge is 2.49. The Hall–Kier alpha value is -0.860. The molecule has 0 aromatic heterocycles. The van der Waals surface area contributed by atoms with Crippen LogP contribution in [0.4, 0.5) is 0 Å². The lowest BCUT2D eigenvalue weighted by Gasteiger charge is -2.59. The molecule has 4 saturated heterocycles. The molecule has 1 aromatic rings. The van der Waals surface area contributed by atoms with Gasteiger partial charge >= 0.3 is 5.97 Å². The molecule has 8 heteroatoms. The molecule has 0 aliphatic carbocycles. The number of quaternary nitrogens is 1. The molecule has 4 aliphatic rings. The Morgan fingerprint density at radius 3 is 2.68 bits per heavy atom. The summed E-state index contributed by atoms with van der Waals surface area (Å²) in [6.07, 6.45) is 0. The minimum absolute atomic E-state index is 0. The molecular formula is C17H23BrClN3O3. The van der Waals surface area contributed by atoms with Gasteiger partial charge in [0.15, 0.2) is 6.61 Å². The first kappa shape index (κ1) is 18.9. The minimum atomic E-state index is -0.363. The molecule has 25 heavy (non-hydrogen) atoms. The molecule has 4 aliphatic heterocycles. The maximum atomic E-state index is 11.4. The molecule has 6 nitrogen and oxygen atoms in total. The Bertz CT molecular complexity index is 623. The van der Waals surface area contributed by atoms with Gasteiger partial charge in [-0.05, 0) is 28.1 Å². The van der Waals surface area contributed by atoms with Gasteiger partial charge in [0, 0.05) is 24.6 Å². The SMILES string of the molecule is COC(=O)COc1c(Br)cccc1C[N+]12CC3CN(CN(C3)C1)C2.[Cl-]. The number of carbonyl (C=O) groups excluding carboxylic acids is 1. The molecule has 4 fully saturated rings. The van der Waals surface area contributed by atoms with Crippen molar-refractivity contribution in [2.45, 2.75) is 6.54 Å². The molecule has 1 aromatic carbocycles. The molecule has 0 N–H and O–H groups in total. The topological polar surface area (TPSA) is 42.0 Å². The third-order valence-electron chi connectivity index (χ3n) is 5.19. The van der Waals surface area contributed by atoms with Crippen molar-refractivity contribution in [2.75, 3.05) is 53.4 Å². The number of para-hydroxylation sites is 1. The van der Waals surface area contributed by atoms with Gasteiger partial charge in [-0.25, -0.2) is 14.6 Å². The maximum absolute atomic E-state index is 11.4. The van der Waals surface area contributed by atoms with Gasteiger partial charge in [-0.3, -0.25) is 4.48 Å². The van der Waals surface area contributed by atoms with Crippen molar-refractivity contribution in [3.8, 4) is 5.75 Å². The summed E-state index contributed by atoms with van der Waals surface area (Å²) in [5.41, 5.74) is 1.15. The van der Waals surface area contributed by atoms with E-state index in [0.29, 0.717) is 0 Å². The number of methoxy groups -OCH3 is 1. The zero-order valence-corrected chi connectivity index (χ0v) is 16.6. The molecule has 4 heterocycles. The van der Waals surface area contributed by atoms with Crippen molar-refractivity contribution in [1.82, 2.24) is 9.80 Å². The van der Waals surface area contributed by atoms with Crippen LogP contribution in [-0.2, 0) is 16.1 Å². The van der Waals surface area contributed by atoms with E-state index in [1.807, 2.05) is 12.1 Å². The van der Waals surface area contributed by atoms with Crippen molar-refractivity contribution in [2.24, 2.45) is 5.92 Å². The van der Waals surface area contributed by atoms with Crippen molar-refractivity contribution in [3.63, 3.8) is 0 Å². The zero-order valence-electron chi connectivity index (χ0n) is 14.3. The fourth-order valence-electron chi connectivity index (χ4n) is 4.62. The van der Waals surface area contributed by atoms with Crippen molar-refractivity contribution in [3.05, 3.63) is 28.2 Å². The average molecular weight is 433 g/mol. The third-order valence-corrected chi connectivity index (χ3v) is 5.82. The molecule has 0 radical (unpaired) electrons. The Morgan fingerprint density at radius 1 is 1.32 bits per heavy atom. The van der Waals surface area contributed by atoms with Crippen LogP contribution in [0.25, 0.3) is 0 Å². The molecule has 0 saturated carbocycles. The first-order valence-corrected chi connectivity index (χ1v) is 9.13. The Morgan fingerprint density at radius 2 is 2.04 bits per heavy atom. The predicted molar refractivity (Wildman–Crippen MR) is 92.0 cm³/mol. The van der Waals surface area contributed by atoms with Gasteiger partial charge in [-0.15, -0.1) is 0 Å². The van der Waals surface area contributed by atoms with Crippen molar-refractivity contribution < 1.29 is 31.2 Å².